The number of anilines is 2. The van der Waals surface area contributed by atoms with Gasteiger partial charge >= 0.3 is 12.1 Å². The molecule has 10 heteroatoms. The number of carbonyl (C=O) groups is 2. The summed E-state index contributed by atoms with van der Waals surface area (Å²) in [6, 6.07) is 9.55. The molecule has 0 radical (unpaired) electrons. The van der Waals surface area contributed by atoms with E-state index in [9.17, 15) is 22.8 Å². The van der Waals surface area contributed by atoms with E-state index in [1.54, 1.807) is 25.1 Å². The number of rotatable bonds is 7. The smallest absolute Gasteiger partial charge is 0.416 e. The summed E-state index contributed by atoms with van der Waals surface area (Å²) in [6.07, 6.45) is -4.57. The van der Waals surface area contributed by atoms with Crippen LogP contribution in [0.15, 0.2) is 42.5 Å². The number of hydrogen-bond donors (Lipinski definition) is 1. The molecule has 1 heterocycles. The molecule has 1 fully saturated rings. The number of carbonyl (C=O) groups excluding carboxylic acids is 2. The second-order valence-corrected chi connectivity index (χ2v) is 6.88. The molecular weight excluding hydrogens is 429 g/mol. The topological polar surface area (TPSA) is 77.1 Å². The van der Waals surface area contributed by atoms with E-state index in [0.29, 0.717) is 44.3 Å². The molecule has 2 aromatic carbocycles. The van der Waals surface area contributed by atoms with Crippen molar-refractivity contribution < 1.29 is 37.0 Å². The molecule has 1 amide bonds. The van der Waals surface area contributed by atoms with E-state index in [4.69, 9.17) is 14.2 Å². The Morgan fingerprint density at radius 1 is 1.12 bits per heavy atom. The highest BCUT2D eigenvalue weighted by atomic mass is 19.4. The Morgan fingerprint density at radius 2 is 1.84 bits per heavy atom. The molecule has 3 rings (SSSR count). The van der Waals surface area contributed by atoms with Crippen LogP contribution in [-0.4, -0.2) is 51.4 Å². The number of halogens is 3. The van der Waals surface area contributed by atoms with Gasteiger partial charge in [0.1, 0.15) is 11.3 Å². The predicted octanol–water partition coefficient (Wildman–Crippen LogP) is 3.74. The summed E-state index contributed by atoms with van der Waals surface area (Å²) >= 11 is 0. The molecule has 0 bridgehead atoms. The molecule has 0 spiro atoms. The van der Waals surface area contributed by atoms with Crippen LogP contribution in [0, 0.1) is 0 Å². The van der Waals surface area contributed by atoms with Gasteiger partial charge in [0.2, 0.25) is 0 Å². The van der Waals surface area contributed by atoms with E-state index >= 15 is 0 Å². The lowest BCUT2D eigenvalue weighted by molar-refractivity contribution is -0.137. The van der Waals surface area contributed by atoms with Crippen molar-refractivity contribution in [2.75, 3.05) is 49.7 Å². The second kappa shape index (κ2) is 10.4. The average molecular weight is 452 g/mol. The predicted molar refractivity (Wildman–Crippen MR) is 111 cm³/mol. The van der Waals surface area contributed by atoms with Gasteiger partial charge in [-0.05, 0) is 37.3 Å². The molecule has 1 saturated heterocycles. The maximum Gasteiger partial charge on any atom is 0.416 e. The van der Waals surface area contributed by atoms with Crippen LogP contribution in [-0.2, 0) is 20.4 Å². The molecule has 2 aromatic rings. The first kappa shape index (κ1) is 23.4. The summed E-state index contributed by atoms with van der Waals surface area (Å²) in [4.78, 5) is 26.6. The van der Waals surface area contributed by atoms with Gasteiger partial charge in [-0.1, -0.05) is 12.1 Å². The largest absolute Gasteiger partial charge is 0.493 e. The third kappa shape index (κ3) is 5.91. The fourth-order valence-corrected chi connectivity index (χ4v) is 3.20. The summed E-state index contributed by atoms with van der Waals surface area (Å²) in [5.74, 6) is -1.23. The highest BCUT2D eigenvalue weighted by Gasteiger charge is 2.32. The minimum absolute atomic E-state index is 0.0162. The van der Waals surface area contributed by atoms with Crippen molar-refractivity contribution in [3.8, 4) is 5.75 Å². The van der Waals surface area contributed by atoms with Gasteiger partial charge in [-0.3, -0.25) is 4.79 Å². The van der Waals surface area contributed by atoms with Crippen molar-refractivity contribution in [2.24, 2.45) is 0 Å². The highest BCUT2D eigenvalue weighted by Crippen LogP contribution is 2.35. The molecule has 172 valence electrons. The first-order valence-electron chi connectivity index (χ1n) is 10.0. The van der Waals surface area contributed by atoms with Crippen LogP contribution in [0.25, 0.3) is 0 Å². The molecular formula is C22H23F3N2O5. The fourth-order valence-electron chi connectivity index (χ4n) is 3.20. The van der Waals surface area contributed by atoms with Crippen molar-refractivity contribution in [1.82, 2.24) is 0 Å². The van der Waals surface area contributed by atoms with Crippen LogP contribution < -0.4 is 15.0 Å². The number of ether oxygens (including phenoxy) is 3. The zero-order chi connectivity index (χ0) is 23.1. The zero-order valence-electron chi connectivity index (χ0n) is 17.4. The lowest BCUT2D eigenvalue weighted by Crippen LogP contribution is -2.37. The molecule has 0 aliphatic carbocycles. The summed E-state index contributed by atoms with van der Waals surface area (Å²) in [7, 11) is 0. The minimum atomic E-state index is -4.57. The van der Waals surface area contributed by atoms with Gasteiger partial charge < -0.3 is 24.4 Å². The van der Waals surface area contributed by atoms with E-state index in [-0.39, 0.29) is 11.3 Å². The summed E-state index contributed by atoms with van der Waals surface area (Å²) in [6.45, 7) is 3.21. The fraction of sp³-hybridized carbons (Fsp3) is 0.364. The SMILES string of the molecule is CCOc1ccccc1C(=O)OCC(=O)Nc1cc(C(F)(F)F)ccc1N1CCOCC1. The van der Waals surface area contributed by atoms with Crippen molar-refractivity contribution in [1.29, 1.82) is 0 Å². The van der Waals surface area contributed by atoms with Gasteiger partial charge in [0, 0.05) is 13.1 Å². The van der Waals surface area contributed by atoms with Gasteiger partial charge in [-0.25, -0.2) is 4.79 Å². The lowest BCUT2D eigenvalue weighted by atomic mass is 10.1. The third-order valence-corrected chi connectivity index (χ3v) is 4.69. The maximum absolute atomic E-state index is 13.2. The number of amides is 1. The maximum atomic E-state index is 13.2. The number of nitrogens with zero attached hydrogens (tertiary/aromatic N) is 1. The van der Waals surface area contributed by atoms with Crippen LogP contribution in [0.2, 0.25) is 0 Å². The van der Waals surface area contributed by atoms with Gasteiger partial charge in [0.05, 0.1) is 36.8 Å². The molecule has 7 nitrogen and oxygen atoms in total. The van der Waals surface area contributed by atoms with Gasteiger partial charge in [0.15, 0.2) is 6.61 Å². The number of nitrogens with one attached hydrogen (secondary N) is 1. The van der Waals surface area contributed by atoms with Gasteiger partial charge in [-0.2, -0.15) is 13.2 Å². The molecule has 0 unspecified atom stereocenters. The molecule has 1 N–H and O–H groups in total. The molecule has 32 heavy (non-hydrogen) atoms. The second-order valence-electron chi connectivity index (χ2n) is 6.88. The monoisotopic (exact) mass is 452 g/mol. The first-order valence-corrected chi connectivity index (χ1v) is 10.0. The van der Waals surface area contributed by atoms with Crippen molar-refractivity contribution in [3.63, 3.8) is 0 Å². The van der Waals surface area contributed by atoms with Crippen LogP contribution in [0.5, 0.6) is 5.75 Å². The minimum Gasteiger partial charge on any atom is -0.493 e. The van der Waals surface area contributed by atoms with Crippen molar-refractivity contribution >= 4 is 23.3 Å². The van der Waals surface area contributed by atoms with E-state index in [0.717, 1.165) is 12.1 Å². The van der Waals surface area contributed by atoms with E-state index in [1.165, 1.54) is 12.1 Å². The Balaban J connectivity index is 1.72. The zero-order valence-corrected chi connectivity index (χ0v) is 17.4. The van der Waals surface area contributed by atoms with Crippen LogP contribution in [0.1, 0.15) is 22.8 Å². The van der Waals surface area contributed by atoms with Crippen LogP contribution >= 0.6 is 0 Å². The molecule has 0 atom stereocenters. The van der Waals surface area contributed by atoms with E-state index < -0.39 is 30.2 Å². The quantitative estimate of drug-likeness (QED) is 0.645. The summed E-state index contributed by atoms with van der Waals surface area (Å²) in [5, 5.41) is 2.44. The molecule has 1 aliphatic rings. The standard InChI is InChI=1S/C22H23F3N2O5/c1-2-31-19-6-4-3-5-16(19)21(29)32-14-20(28)26-17-13-15(22(23,24)25)7-8-18(17)27-9-11-30-12-10-27/h3-8,13H,2,9-12,14H2,1H3,(H,26,28). The average Bonchev–Trinajstić information content (AvgIpc) is 2.78. The van der Waals surface area contributed by atoms with Crippen LogP contribution in [0.3, 0.4) is 0 Å². The number of hydrogen-bond acceptors (Lipinski definition) is 6. The molecule has 0 aromatic heterocycles. The molecule has 0 saturated carbocycles. The highest BCUT2D eigenvalue weighted by molar-refractivity contribution is 5.98. The Bertz CT molecular complexity index is 959. The number of alkyl halides is 3. The number of morpholine rings is 1. The van der Waals surface area contributed by atoms with Crippen molar-refractivity contribution in [2.45, 2.75) is 13.1 Å². The Kier molecular flexibility index (Phi) is 7.57. The molecule has 1 aliphatic heterocycles. The number of esters is 1. The normalized spacial score (nSPS) is 14.1. The van der Waals surface area contributed by atoms with Gasteiger partial charge in [0.25, 0.3) is 5.91 Å². The Morgan fingerprint density at radius 3 is 2.53 bits per heavy atom. The summed E-state index contributed by atoms with van der Waals surface area (Å²) < 4.78 is 55.3. The Hall–Kier alpha value is -3.27. The van der Waals surface area contributed by atoms with E-state index in [2.05, 4.69) is 5.32 Å². The number of benzene rings is 2. The van der Waals surface area contributed by atoms with Gasteiger partial charge in [-0.15, -0.1) is 0 Å². The Labute approximate surface area is 183 Å². The third-order valence-electron chi connectivity index (χ3n) is 4.69. The number of para-hydroxylation sites is 1. The summed E-state index contributed by atoms with van der Waals surface area (Å²) in [5.41, 5.74) is -0.331. The van der Waals surface area contributed by atoms with Crippen molar-refractivity contribution in [3.05, 3.63) is 53.6 Å². The van der Waals surface area contributed by atoms with Crippen LogP contribution in [0.4, 0.5) is 24.5 Å². The van der Waals surface area contributed by atoms with E-state index in [1.807, 2.05) is 4.90 Å². The lowest BCUT2D eigenvalue weighted by Gasteiger charge is -2.31. The first-order chi connectivity index (χ1) is 15.3.